The molecule has 10 N–H and O–H groups in total. The second-order valence-electron chi connectivity index (χ2n) is 2.13. The van der Waals surface area contributed by atoms with E-state index >= 15 is 0 Å². The van der Waals surface area contributed by atoms with E-state index in [0.717, 1.165) is 0 Å². The zero-order valence-electron chi connectivity index (χ0n) is 7.28. The molecule has 0 aliphatic carbocycles. The highest BCUT2D eigenvalue weighted by Gasteiger charge is 1.90. The summed E-state index contributed by atoms with van der Waals surface area (Å²) in [5, 5.41) is 12.0. The molecule has 0 aromatic carbocycles. The van der Waals surface area contributed by atoms with Crippen LogP contribution >= 0.6 is 0 Å². The van der Waals surface area contributed by atoms with Crippen molar-refractivity contribution in [2.75, 3.05) is 0 Å². The van der Waals surface area contributed by atoms with Crippen LogP contribution in [-0.2, 0) is 0 Å². The first-order chi connectivity index (χ1) is 6.02. The van der Waals surface area contributed by atoms with Crippen molar-refractivity contribution in [1.29, 1.82) is 0 Å². The van der Waals surface area contributed by atoms with Gasteiger partial charge < -0.3 is 11.5 Å². The molecule has 0 radical (unpaired) electrons. The van der Waals surface area contributed by atoms with Crippen molar-refractivity contribution < 1.29 is 10.2 Å². The lowest BCUT2D eigenvalue weighted by atomic mass is 10.5. The van der Waals surface area contributed by atoms with Crippen molar-refractivity contribution >= 4 is 23.8 Å². The number of hydrogen-bond donors (Lipinski definition) is 6. The van der Waals surface area contributed by atoms with Crippen LogP contribution in [0, 0.1) is 0 Å². The molecule has 0 bridgehead atoms. The Balaban J connectivity index is 4.22. The third-order valence-electron chi connectivity index (χ3n) is 0.828. The van der Waals surface area contributed by atoms with Crippen molar-refractivity contribution in [3.63, 3.8) is 0 Å². The van der Waals surface area contributed by atoms with Crippen LogP contribution in [0.5, 0.6) is 0 Å². The molecule has 0 saturated carbocycles. The SMILES string of the molecule is CC(/C=[NH+]/N=C(N)N)=N\[NH+]=C(N)N. The summed E-state index contributed by atoms with van der Waals surface area (Å²) < 4.78 is 0. The van der Waals surface area contributed by atoms with Gasteiger partial charge in [-0.15, -0.1) is 10.2 Å². The number of rotatable bonds is 3. The highest BCUT2D eigenvalue weighted by Crippen LogP contribution is 1.55. The van der Waals surface area contributed by atoms with Crippen LogP contribution in [0.2, 0.25) is 0 Å². The highest BCUT2D eigenvalue weighted by molar-refractivity contribution is 6.26. The van der Waals surface area contributed by atoms with Crippen LogP contribution < -0.4 is 33.1 Å². The predicted octanol–water partition coefficient (Wildman–Crippen LogP) is -5.94. The van der Waals surface area contributed by atoms with E-state index in [-0.39, 0.29) is 11.9 Å². The molecule has 0 aromatic heterocycles. The molecule has 0 spiro atoms. The Kier molecular flexibility index (Phi) is 4.62. The van der Waals surface area contributed by atoms with E-state index in [2.05, 4.69) is 20.4 Å². The minimum Gasteiger partial charge on any atom is -0.365 e. The van der Waals surface area contributed by atoms with Crippen molar-refractivity contribution in [2.24, 2.45) is 33.1 Å². The fraction of sp³-hybridized carbons (Fsp3) is 0.200. The maximum absolute atomic E-state index is 5.09. The molecule has 8 heteroatoms. The first-order valence-corrected chi connectivity index (χ1v) is 3.38. The lowest BCUT2D eigenvalue weighted by molar-refractivity contribution is -0.466. The van der Waals surface area contributed by atoms with Crippen molar-refractivity contribution in [2.45, 2.75) is 6.92 Å². The number of hydrogen-bond acceptors (Lipinski definition) is 2. The lowest BCUT2D eigenvalue weighted by Crippen LogP contribution is -2.73. The maximum Gasteiger partial charge on any atom is 0.362 e. The summed E-state index contributed by atoms with van der Waals surface area (Å²) >= 11 is 0. The van der Waals surface area contributed by atoms with Crippen LogP contribution in [-0.4, -0.2) is 23.8 Å². The van der Waals surface area contributed by atoms with Crippen LogP contribution in [0.3, 0.4) is 0 Å². The molecule has 0 amide bonds. The molecule has 72 valence electrons. The fourth-order valence-corrected chi connectivity index (χ4v) is 0.385. The normalized spacial score (nSPS) is 11.3. The highest BCUT2D eigenvalue weighted by atomic mass is 15.3. The zero-order chi connectivity index (χ0) is 10.3. The molecule has 8 nitrogen and oxygen atoms in total. The first kappa shape index (κ1) is 10.9. The number of nitrogens with two attached hydrogens (primary N) is 4. The molecule has 0 heterocycles. The molecule has 0 aliphatic heterocycles. The van der Waals surface area contributed by atoms with Crippen molar-refractivity contribution in [3.8, 4) is 0 Å². The van der Waals surface area contributed by atoms with Crippen LogP contribution in [0.25, 0.3) is 0 Å². The van der Waals surface area contributed by atoms with Crippen LogP contribution in [0.15, 0.2) is 10.2 Å². The van der Waals surface area contributed by atoms with E-state index in [1.807, 2.05) is 0 Å². The molecule has 0 unspecified atom stereocenters. The number of nitrogens with zero attached hydrogens (tertiary/aromatic N) is 2. The van der Waals surface area contributed by atoms with E-state index in [0.29, 0.717) is 5.71 Å². The predicted molar refractivity (Wildman–Crippen MR) is 50.3 cm³/mol. The minimum absolute atomic E-state index is 0.00888. The molecule has 0 aliphatic rings. The van der Waals surface area contributed by atoms with Crippen LogP contribution in [0.1, 0.15) is 6.92 Å². The van der Waals surface area contributed by atoms with Crippen molar-refractivity contribution in [1.82, 2.24) is 0 Å². The quantitative estimate of drug-likeness (QED) is 0.147. The van der Waals surface area contributed by atoms with E-state index in [4.69, 9.17) is 22.9 Å². The monoisotopic (exact) mass is 186 g/mol. The second kappa shape index (κ2) is 5.52. The summed E-state index contributed by atoms with van der Waals surface area (Å²) in [6.07, 6.45) is 1.47. The molecule has 0 rings (SSSR count). The Morgan fingerprint density at radius 1 is 1.15 bits per heavy atom. The Hall–Kier alpha value is -2.12. The van der Waals surface area contributed by atoms with Gasteiger partial charge in [0, 0.05) is 5.10 Å². The Labute approximate surface area is 75.1 Å². The average molecular weight is 186 g/mol. The molecule has 13 heavy (non-hydrogen) atoms. The molecule has 0 fully saturated rings. The van der Waals surface area contributed by atoms with Gasteiger partial charge in [0.15, 0.2) is 0 Å². The molecule has 0 aromatic rings. The van der Waals surface area contributed by atoms with Crippen LogP contribution in [0.4, 0.5) is 0 Å². The molecule has 0 atom stereocenters. The second-order valence-corrected chi connectivity index (χ2v) is 2.13. The van der Waals surface area contributed by atoms with Gasteiger partial charge in [-0.3, -0.25) is 11.5 Å². The smallest absolute Gasteiger partial charge is 0.362 e. The zero-order valence-corrected chi connectivity index (χ0v) is 7.28. The summed E-state index contributed by atoms with van der Waals surface area (Å²) in [7, 11) is 0. The standard InChI is InChI=1S/C5H12N8/c1-3(11-13-5(8)9)2-10-12-4(6)7/h2H,1H3,(H4,6,7,12)(H4,8,9,13)/p+2/b10-2+,11-3+. The lowest BCUT2D eigenvalue weighted by Gasteiger charge is -1.80. The Morgan fingerprint density at radius 2 is 1.77 bits per heavy atom. The van der Waals surface area contributed by atoms with Gasteiger partial charge in [-0.2, -0.15) is 5.10 Å². The number of guanidine groups is 2. The van der Waals surface area contributed by atoms with Gasteiger partial charge in [-0.1, -0.05) is 0 Å². The third-order valence-corrected chi connectivity index (χ3v) is 0.828. The third kappa shape index (κ3) is 7.78. The van der Waals surface area contributed by atoms with Gasteiger partial charge >= 0.3 is 5.96 Å². The van der Waals surface area contributed by atoms with Gasteiger partial charge in [0.1, 0.15) is 5.71 Å². The van der Waals surface area contributed by atoms with Gasteiger partial charge in [0.2, 0.25) is 6.21 Å². The Morgan fingerprint density at radius 3 is 2.23 bits per heavy atom. The molecular weight excluding hydrogens is 172 g/mol. The summed E-state index contributed by atoms with van der Waals surface area (Å²) in [5.74, 6) is -0.0588. The minimum atomic E-state index is -0.0677. The topological polar surface area (TPSA) is 157 Å². The van der Waals surface area contributed by atoms with E-state index in [1.165, 1.54) is 6.21 Å². The van der Waals surface area contributed by atoms with Crippen molar-refractivity contribution in [3.05, 3.63) is 0 Å². The summed E-state index contributed by atoms with van der Waals surface area (Å²) in [5.41, 5.74) is 20.9. The molecular formula is C5H14N8+2. The maximum atomic E-state index is 5.09. The summed E-state index contributed by atoms with van der Waals surface area (Å²) in [6.45, 7) is 1.70. The summed E-state index contributed by atoms with van der Waals surface area (Å²) in [4.78, 5) is 0. The fourth-order valence-electron chi connectivity index (χ4n) is 0.385. The van der Waals surface area contributed by atoms with E-state index < -0.39 is 0 Å². The largest absolute Gasteiger partial charge is 0.365 e. The average Bonchev–Trinajstić information content (AvgIpc) is 2.00. The van der Waals surface area contributed by atoms with Gasteiger partial charge in [-0.25, -0.2) is 0 Å². The van der Waals surface area contributed by atoms with Gasteiger partial charge in [-0.05, 0) is 6.92 Å². The summed E-state index contributed by atoms with van der Waals surface area (Å²) in [6, 6.07) is 0. The first-order valence-electron chi connectivity index (χ1n) is 3.38. The molecule has 0 saturated heterocycles. The van der Waals surface area contributed by atoms with Gasteiger partial charge in [0.25, 0.3) is 5.96 Å². The Bertz CT molecular complexity index is 264. The van der Waals surface area contributed by atoms with Gasteiger partial charge in [0.05, 0.1) is 0 Å². The van der Waals surface area contributed by atoms with E-state index in [9.17, 15) is 0 Å². The number of nitrogens with one attached hydrogen (secondary N) is 2. The number of hydrazone groups is 2. The van der Waals surface area contributed by atoms with E-state index in [1.54, 1.807) is 6.92 Å².